The van der Waals surface area contributed by atoms with Gasteiger partial charge in [0.2, 0.25) is 0 Å². The fourth-order valence-electron chi connectivity index (χ4n) is 1.68. The minimum atomic E-state index is -3.48. The van der Waals surface area contributed by atoms with Gasteiger partial charge in [-0.25, -0.2) is 0 Å². The van der Waals surface area contributed by atoms with E-state index < -0.39 is 9.24 Å². The predicted octanol–water partition coefficient (Wildman–Crippen LogP) is 0.792. The molecule has 1 fully saturated rings. The first kappa shape index (κ1) is 12.2. The third-order valence-electron chi connectivity index (χ3n) is 2.56. The molecule has 0 aliphatic carbocycles. The monoisotopic (exact) mass is 240 g/mol. The van der Waals surface area contributed by atoms with E-state index in [1.165, 1.54) is 4.31 Å². The van der Waals surface area contributed by atoms with Crippen LogP contribution < -0.4 is 5.32 Å². The highest BCUT2D eigenvalue weighted by molar-refractivity contribution is 8.11. The molecule has 1 aliphatic heterocycles. The first-order valence-electron chi connectivity index (χ1n) is 4.94. The van der Waals surface area contributed by atoms with Gasteiger partial charge < -0.3 is 5.32 Å². The third kappa shape index (κ3) is 3.73. The van der Waals surface area contributed by atoms with Crippen LogP contribution in [0.5, 0.6) is 0 Å². The van der Waals surface area contributed by atoms with Crippen LogP contribution in [-0.4, -0.2) is 38.9 Å². The number of nitrogens with one attached hydrogen (secondary N) is 1. The second kappa shape index (κ2) is 5.30. The van der Waals surface area contributed by atoms with Crippen molar-refractivity contribution in [3.63, 3.8) is 0 Å². The SMILES string of the molecule is CCNCC1CCN(S(=O)(=O)Cl)CC1. The van der Waals surface area contributed by atoms with E-state index in [9.17, 15) is 8.42 Å². The summed E-state index contributed by atoms with van der Waals surface area (Å²) in [6.45, 7) is 5.13. The Hall–Kier alpha value is 0.160. The highest BCUT2D eigenvalue weighted by Crippen LogP contribution is 2.20. The second-order valence-corrected chi connectivity index (χ2v) is 6.10. The average Bonchev–Trinajstić information content (AvgIpc) is 2.14. The van der Waals surface area contributed by atoms with Gasteiger partial charge >= 0.3 is 0 Å². The maximum Gasteiger partial charge on any atom is 0.299 e. The Bertz CT molecular complexity index is 261. The molecule has 0 unspecified atom stereocenters. The molecule has 0 amide bonds. The average molecular weight is 241 g/mol. The summed E-state index contributed by atoms with van der Waals surface area (Å²) in [5.74, 6) is 0.588. The van der Waals surface area contributed by atoms with E-state index in [4.69, 9.17) is 10.7 Å². The van der Waals surface area contributed by atoms with Crippen molar-refractivity contribution >= 4 is 19.9 Å². The van der Waals surface area contributed by atoms with Gasteiger partial charge in [-0.3, -0.25) is 0 Å². The van der Waals surface area contributed by atoms with E-state index in [-0.39, 0.29) is 0 Å². The van der Waals surface area contributed by atoms with Crippen molar-refractivity contribution in [1.29, 1.82) is 0 Å². The standard InChI is InChI=1S/C8H17ClN2O2S/c1-2-10-7-8-3-5-11(6-4-8)14(9,12)13/h8,10H,2-7H2,1H3. The molecule has 4 nitrogen and oxygen atoms in total. The van der Waals surface area contributed by atoms with Crippen molar-refractivity contribution in [2.75, 3.05) is 26.2 Å². The zero-order chi connectivity index (χ0) is 10.6. The molecule has 0 radical (unpaired) electrons. The summed E-state index contributed by atoms with van der Waals surface area (Å²) in [6, 6.07) is 0. The summed E-state index contributed by atoms with van der Waals surface area (Å²) < 4.78 is 23.3. The third-order valence-corrected chi connectivity index (χ3v) is 4.13. The van der Waals surface area contributed by atoms with Crippen LogP contribution in [0.1, 0.15) is 19.8 Å². The minimum absolute atomic E-state index is 0.557. The summed E-state index contributed by atoms with van der Waals surface area (Å²) >= 11 is 0. The lowest BCUT2D eigenvalue weighted by atomic mass is 9.98. The molecule has 0 aromatic heterocycles. The summed E-state index contributed by atoms with van der Waals surface area (Å²) in [6.07, 6.45) is 1.80. The number of rotatable bonds is 4. The Labute approximate surface area is 90.2 Å². The van der Waals surface area contributed by atoms with Crippen molar-refractivity contribution < 1.29 is 8.42 Å². The van der Waals surface area contributed by atoms with E-state index in [1.54, 1.807) is 0 Å². The first-order chi connectivity index (χ1) is 6.54. The zero-order valence-corrected chi connectivity index (χ0v) is 9.94. The van der Waals surface area contributed by atoms with Crippen LogP contribution in [0.2, 0.25) is 0 Å². The van der Waals surface area contributed by atoms with Crippen molar-refractivity contribution in [1.82, 2.24) is 9.62 Å². The van der Waals surface area contributed by atoms with Crippen molar-refractivity contribution in [3.8, 4) is 0 Å². The van der Waals surface area contributed by atoms with Gasteiger partial charge in [0.15, 0.2) is 0 Å². The highest BCUT2D eigenvalue weighted by Gasteiger charge is 2.25. The van der Waals surface area contributed by atoms with Gasteiger partial charge in [-0.05, 0) is 31.8 Å². The van der Waals surface area contributed by atoms with Gasteiger partial charge in [0, 0.05) is 23.8 Å². The molecule has 14 heavy (non-hydrogen) atoms. The predicted molar refractivity (Wildman–Crippen MR) is 57.6 cm³/mol. The van der Waals surface area contributed by atoms with Gasteiger partial charge in [0.05, 0.1) is 0 Å². The molecule has 0 bridgehead atoms. The van der Waals surface area contributed by atoms with Crippen LogP contribution in [0, 0.1) is 5.92 Å². The molecule has 6 heteroatoms. The molecule has 1 saturated heterocycles. The molecule has 84 valence electrons. The number of halogens is 1. The Balaban J connectivity index is 2.31. The number of hydrogen-bond donors (Lipinski definition) is 1. The lowest BCUT2D eigenvalue weighted by Crippen LogP contribution is -2.38. The lowest BCUT2D eigenvalue weighted by molar-refractivity contribution is 0.272. The molecule has 1 aliphatic rings. The minimum Gasteiger partial charge on any atom is -0.317 e. The molecular formula is C8H17ClN2O2S. The van der Waals surface area contributed by atoms with E-state index in [2.05, 4.69) is 12.2 Å². The Morgan fingerprint density at radius 2 is 2.00 bits per heavy atom. The Kier molecular flexibility index (Phi) is 4.63. The topological polar surface area (TPSA) is 49.4 Å². The van der Waals surface area contributed by atoms with Crippen LogP contribution in [0.25, 0.3) is 0 Å². The smallest absolute Gasteiger partial charge is 0.299 e. The summed E-state index contributed by atoms with van der Waals surface area (Å²) in [5.41, 5.74) is 0. The molecule has 1 N–H and O–H groups in total. The van der Waals surface area contributed by atoms with Crippen LogP contribution in [0.4, 0.5) is 0 Å². The maximum atomic E-state index is 11.0. The summed E-state index contributed by atoms with van der Waals surface area (Å²) in [4.78, 5) is 0. The van der Waals surface area contributed by atoms with E-state index in [1.807, 2.05) is 0 Å². The van der Waals surface area contributed by atoms with Crippen LogP contribution in [0.3, 0.4) is 0 Å². The van der Waals surface area contributed by atoms with Crippen molar-refractivity contribution in [2.45, 2.75) is 19.8 Å². The van der Waals surface area contributed by atoms with Crippen molar-refractivity contribution in [2.24, 2.45) is 5.92 Å². The van der Waals surface area contributed by atoms with Crippen LogP contribution in [-0.2, 0) is 9.24 Å². The van der Waals surface area contributed by atoms with Crippen LogP contribution >= 0.6 is 10.7 Å². The fraction of sp³-hybridized carbons (Fsp3) is 1.00. The van der Waals surface area contributed by atoms with Crippen LogP contribution in [0.15, 0.2) is 0 Å². The molecule has 1 rings (SSSR count). The second-order valence-electron chi connectivity index (χ2n) is 3.59. The molecule has 0 aromatic rings. The summed E-state index contributed by atoms with van der Waals surface area (Å²) in [7, 11) is 1.76. The fourth-order valence-corrected chi connectivity index (χ4v) is 2.74. The molecule has 0 spiro atoms. The first-order valence-corrected chi connectivity index (χ1v) is 7.21. The van der Waals surface area contributed by atoms with Gasteiger partial charge in [0.25, 0.3) is 9.24 Å². The summed E-state index contributed by atoms with van der Waals surface area (Å²) in [5, 5.41) is 3.27. The molecule has 0 aromatic carbocycles. The normalized spacial score (nSPS) is 21.3. The Morgan fingerprint density at radius 3 is 2.43 bits per heavy atom. The number of nitrogens with zero attached hydrogens (tertiary/aromatic N) is 1. The largest absolute Gasteiger partial charge is 0.317 e. The van der Waals surface area contributed by atoms with Gasteiger partial charge in [-0.2, -0.15) is 12.7 Å². The highest BCUT2D eigenvalue weighted by atomic mass is 35.7. The number of hydrogen-bond acceptors (Lipinski definition) is 3. The van der Waals surface area contributed by atoms with E-state index in [0.29, 0.717) is 19.0 Å². The van der Waals surface area contributed by atoms with Gasteiger partial charge in [-0.1, -0.05) is 6.92 Å². The zero-order valence-electron chi connectivity index (χ0n) is 8.37. The molecule has 0 atom stereocenters. The maximum absolute atomic E-state index is 11.0. The van der Waals surface area contributed by atoms with Gasteiger partial charge in [-0.15, -0.1) is 0 Å². The quantitative estimate of drug-likeness (QED) is 0.740. The molecule has 1 heterocycles. The Morgan fingerprint density at radius 1 is 1.43 bits per heavy atom. The van der Waals surface area contributed by atoms with E-state index >= 15 is 0 Å². The molecule has 0 saturated carbocycles. The van der Waals surface area contributed by atoms with Gasteiger partial charge in [0.1, 0.15) is 0 Å². The lowest BCUT2D eigenvalue weighted by Gasteiger charge is -2.29. The number of piperidine rings is 1. The van der Waals surface area contributed by atoms with Crippen molar-refractivity contribution in [3.05, 3.63) is 0 Å². The molecular weight excluding hydrogens is 224 g/mol. The van der Waals surface area contributed by atoms with E-state index in [0.717, 1.165) is 25.9 Å².